The topological polar surface area (TPSA) is 51.2 Å². The second kappa shape index (κ2) is 4.19. The zero-order valence-corrected chi connectivity index (χ0v) is 15.6. The molecule has 0 amide bonds. The minimum Gasteiger partial charge on any atom is -0.289 e. The molecule has 0 bridgehead atoms. The summed E-state index contributed by atoms with van der Waals surface area (Å²) in [6, 6.07) is 12.9. The van der Waals surface area contributed by atoms with E-state index < -0.39 is 0 Å². The fourth-order valence-electron chi connectivity index (χ4n) is 5.66. The third kappa shape index (κ3) is 1.29. The van der Waals surface area contributed by atoms with Crippen molar-refractivity contribution in [1.29, 1.82) is 0 Å². The van der Waals surface area contributed by atoms with Crippen molar-refractivity contribution < 1.29 is 0 Å². The quantitative estimate of drug-likeness (QED) is 0.370. The van der Waals surface area contributed by atoms with Gasteiger partial charge >= 0.3 is 0 Å². The summed E-state index contributed by atoms with van der Waals surface area (Å²) in [6.07, 6.45) is 0. The van der Waals surface area contributed by atoms with Crippen molar-refractivity contribution in [3.63, 3.8) is 0 Å². The van der Waals surface area contributed by atoms with E-state index in [4.69, 9.17) is 0 Å². The highest BCUT2D eigenvalue weighted by atomic mass is 32.1. The van der Waals surface area contributed by atoms with E-state index in [1.165, 1.54) is 0 Å². The third-order valence-electron chi connectivity index (χ3n) is 6.72. The van der Waals surface area contributed by atoms with Gasteiger partial charge in [-0.15, -0.1) is 11.3 Å². The molecule has 0 N–H and O–H groups in total. The summed E-state index contributed by atoms with van der Waals surface area (Å²) in [6.45, 7) is 0. The minimum absolute atomic E-state index is 0.0152. The van der Waals surface area contributed by atoms with Crippen LogP contribution in [0.2, 0.25) is 0 Å². The fraction of sp³-hybridized carbons (Fsp3) is 0. The Morgan fingerprint density at radius 3 is 1.62 bits per heavy atom. The number of benzene rings is 4. The van der Waals surface area contributed by atoms with Crippen molar-refractivity contribution in [3.05, 3.63) is 78.5 Å². The highest BCUT2D eigenvalue weighted by molar-refractivity contribution is 7.13. The van der Waals surface area contributed by atoms with Crippen LogP contribution in [0.4, 0.5) is 0 Å². The first-order valence-corrected chi connectivity index (χ1v) is 10.3. The average molecular weight is 388 g/mol. The Morgan fingerprint density at radius 1 is 0.517 bits per heavy atom. The molecular formula is C25H8O3S. The molecule has 0 atom stereocenters. The van der Waals surface area contributed by atoms with Gasteiger partial charge in [-0.3, -0.25) is 14.4 Å². The molecule has 0 saturated carbocycles. The molecule has 8 aromatic rings. The molecule has 4 heteroatoms. The Morgan fingerprint density at radius 2 is 1.03 bits per heavy atom. The summed E-state index contributed by atoms with van der Waals surface area (Å²) in [5.74, 6) is 0. The zero-order chi connectivity index (χ0) is 19.2. The van der Waals surface area contributed by atoms with Gasteiger partial charge in [-0.05, 0) is 41.8 Å². The number of thiophene rings is 1. The standard InChI is InChI=1S/C25H8O3S/c26-23-9-3-4-11-18-16(9)17-10(23)5-6-12-19(17)22-20(18)14(24(11)27)8-13(21(22)25(12)28)15-2-1-7-29-15/h1-8H. The molecule has 0 saturated heterocycles. The molecule has 132 valence electrons. The van der Waals surface area contributed by atoms with Crippen LogP contribution in [0.1, 0.15) is 0 Å². The molecule has 8 rings (SSSR count). The fourth-order valence-corrected chi connectivity index (χ4v) is 6.41. The van der Waals surface area contributed by atoms with Crippen LogP contribution >= 0.6 is 11.3 Å². The van der Waals surface area contributed by atoms with Crippen LogP contribution in [-0.4, -0.2) is 0 Å². The predicted octanol–water partition coefficient (Wildman–Crippen LogP) is 5.04. The first kappa shape index (κ1) is 14.4. The maximum atomic E-state index is 13.5. The van der Waals surface area contributed by atoms with E-state index >= 15 is 0 Å². The van der Waals surface area contributed by atoms with Crippen LogP contribution in [0.15, 0.2) is 62.2 Å². The van der Waals surface area contributed by atoms with E-state index in [9.17, 15) is 14.4 Å². The first-order valence-electron chi connectivity index (χ1n) is 9.41. The van der Waals surface area contributed by atoms with Gasteiger partial charge in [-0.25, -0.2) is 0 Å². The van der Waals surface area contributed by atoms with Gasteiger partial charge in [0.25, 0.3) is 0 Å². The van der Waals surface area contributed by atoms with Gasteiger partial charge in [-0.2, -0.15) is 0 Å². The van der Waals surface area contributed by atoms with E-state index in [-0.39, 0.29) is 16.3 Å². The number of rotatable bonds is 1. The van der Waals surface area contributed by atoms with Crippen LogP contribution < -0.4 is 16.3 Å². The summed E-state index contributed by atoms with van der Waals surface area (Å²) >= 11 is 1.56. The lowest BCUT2D eigenvalue weighted by Gasteiger charge is -2.09. The zero-order valence-electron chi connectivity index (χ0n) is 14.8. The molecule has 0 spiro atoms. The third-order valence-corrected chi connectivity index (χ3v) is 7.63. The van der Waals surface area contributed by atoms with E-state index in [0.29, 0.717) is 32.3 Å². The molecule has 0 fully saturated rings. The first-order chi connectivity index (χ1) is 14.2. The maximum absolute atomic E-state index is 13.5. The SMILES string of the molecule is O=c1c2ccc3c(=O)c4cc(-c5cccs5)c5c(=O)c6ccc1c1c2c3c4c5c61. The summed E-state index contributed by atoms with van der Waals surface area (Å²) in [5.41, 5.74) is 0.762. The minimum atomic E-state index is -0.0204. The molecule has 0 aliphatic carbocycles. The van der Waals surface area contributed by atoms with Gasteiger partial charge in [0.2, 0.25) is 0 Å². The van der Waals surface area contributed by atoms with Crippen molar-refractivity contribution in [2.45, 2.75) is 0 Å². The second-order valence-corrected chi connectivity index (χ2v) is 8.83. The van der Waals surface area contributed by atoms with E-state index in [1.807, 2.05) is 23.6 Å². The monoisotopic (exact) mass is 388 g/mol. The smallest absolute Gasteiger partial charge is 0.194 e. The largest absolute Gasteiger partial charge is 0.289 e. The summed E-state index contributed by atoms with van der Waals surface area (Å²) in [4.78, 5) is 40.9. The van der Waals surface area contributed by atoms with Crippen molar-refractivity contribution in [1.82, 2.24) is 0 Å². The molecule has 0 aliphatic rings. The Bertz CT molecular complexity index is 2030. The lowest BCUT2D eigenvalue weighted by Crippen LogP contribution is -1.98. The predicted molar refractivity (Wildman–Crippen MR) is 121 cm³/mol. The lowest BCUT2D eigenvalue weighted by molar-refractivity contribution is 1.80. The lowest BCUT2D eigenvalue weighted by atomic mass is 9.93. The van der Waals surface area contributed by atoms with Crippen LogP contribution in [0, 0.1) is 0 Å². The van der Waals surface area contributed by atoms with Gasteiger partial charge in [0.05, 0.1) is 0 Å². The maximum Gasteiger partial charge on any atom is 0.194 e. The summed E-state index contributed by atoms with van der Waals surface area (Å²) in [7, 11) is 0. The van der Waals surface area contributed by atoms with Crippen molar-refractivity contribution in [2.75, 3.05) is 0 Å². The van der Waals surface area contributed by atoms with Gasteiger partial charge < -0.3 is 0 Å². The van der Waals surface area contributed by atoms with Crippen LogP contribution in [0.3, 0.4) is 0 Å². The van der Waals surface area contributed by atoms with E-state index in [0.717, 1.165) is 42.8 Å². The summed E-state index contributed by atoms with van der Waals surface area (Å²) in [5, 5.41) is 11.0. The van der Waals surface area contributed by atoms with Crippen molar-refractivity contribution in [2.24, 2.45) is 0 Å². The molecule has 0 unspecified atom stereocenters. The molecule has 1 heterocycles. The van der Waals surface area contributed by atoms with Gasteiger partial charge in [-0.1, -0.05) is 6.07 Å². The van der Waals surface area contributed by atoms with Gasteiger partial charge in [0, 0.05) is 75.1 Å². The number of hydrogen-bond acceptors (Lipinski definition) is 4. The Labute approximate surface area is 165 Å². The molecule has 1 aromatic heterocycles. The molecule has 29 heavy (non-hydrogen) atoms. The highest BCUT2D eigenvalue weighted by Gasteiger charge is 2.30. The second-order valence-electron chi connectivity index (χ2n) is 7.88. The Hall–Kier alpha value is -3.63. The van der Waals surface area contributed by atoms with Crippen LogP contribution in [0.5, 0.6) is 0 Å². The van der Waals surface area contributed by atoms with Crippen LogP contribution in [-0.2, 0) is 0 Å². The molecule has 0 radical (unpaired) electrons. The summed E-state index contributed by atoms with van der Waals surface area (Å²) < 4.78 is 0. The molecular weight excluding hydrogens is 380 g/mol. The van der Waals surface area contributed by atoms with Crippen LogP contribution in [0.25, 0.3) is 75.1 Å². The molecule has 7 aromatic carbocycles. The Kier molecular flexibility index (Phi) is 2.08. The van der Waals surface area contributed by atoms with Gasteiger partial charge in [0.1, 0.15) is 0 Å². The number of hydrogen-bond donors (Lipinski definition) is 0. The average Bonchev–Trinajstić information content (AvgIpc) is 3.48. The van der Waals surface area contributed by atoms with Crippen molar-refractivity contribution in [3.8, 4) is 10.4 Å². The normalized spacial score (nSPS) is 13.2. The highest BCUT2D eigenvalue weighted by Crippen LogP contribution is 2.49. The van der Waals surface area contributed by atoms with Crippen molar-refractivity contribution >= 4 is 76.0 Å². The van der Waals surface area contributed by atoms with E-state index in [1.54, 1.807) is 35.6 Å². The molecule has 0 aliphatic heterocycles. The molecule has 3 nitrogen and oxygen atoms in total. The van der Waals surface area contributed by atoms with E-state index in [2.05, 4.69) is 0 Å². The van der Waals surface area contributed by atoms with Gasteiger partial charge in [0.15, 0.2) is 16.3 Å². The Balaban J connectivity index is 1.92.